The molecule has 0 aromatic heterocycles. The van der Waals surface area contributed by atoms with Crippen LogP contribution in [0.1, 0.15) is 15.9 Å². The van der Waals surface area contributed by atoms with E-state index in [1.807, 2.05) is 0 Å². The van der Waals surface area contributed by atoms with Crippen molar-refractivity contribution < 1.29 is 9.90 Å². The minimum absolute atomic E-state index is 0.0248. The predicted octanol–water partition coefficient (Wildman–Crippen LogP) is 4.38. The summed E-state index contributed by atoms with van der Waals surface area (Å²) in [5.74, 6) is -0.0248. The number of rotatable bonds is 1. The minimum atomic E-state index is -0.0248. The van der Waals surface area contributed by atoms with Crippen molar-refractivity contribution in [2.24, 2.45) is 0 Å². The Balaban J connectivity index is 0.000000149. The quantitative estimate of drug-likeness (QED) is 0.700. The van der Waals surface area contributed by atoms with E-state index in [1.165, 1.54) is 17.7 Å². The molecule has 20 heavy (non-hydrogen) atoms. The van der Waals surface area contributed by atoms with E-state index in [9.17, 15) is 9.90 Å². The van der Waals surface area contributed by atoms with Crippen molar-refractivity contribution in [3.63, 3.8) is 0 Å². The van der Waals surface area contributed by atoms with E-state index in [0.29, 0.717) is 10.8 Å². The summed E-state index contributed by atoms with van der Waals surface area (Å²) in [5.41, 5.74) is 3.04. The molecule has 0 aliphatic carbocycles. The standard InChI is InChI=1S/C8H9N.C7H4Br2O2/c1-2-4-8-7(3-1)5-6-9-8;8-5-1-4(3-10)7(11)6(9)2-5/h1-4,9H,5-6H2;1-3,11H. The third-order valence-electron chi connectivity index (χ3n) is 2.91. The van der Waals surface area contributed by atoms with Crippen molar-refractivity contribution in [2.45, 2.75) is 6.42 Å². The van der Waals surface area contributed by atoms with Gasteiger partial charge in [0, 0.05) is 16.7 Å². The van der Waals surface area contributed by atoms with E-state index in [1.54, 1.807) is 12.1 Å². The Morgan fingerprint density at radius 3 is 2.65 bits per heavy atom. The van der Waals surface area contributed by atoms with Crippen LogP contribution in [-0.4, -0.2) is 17.9 Å². The maximum absolute atomic E-state index is 10.3. The minimum Gasteiger partial charge on any atom is -0.506 e. The lowest BCUT2D eigenvalue weighted by molar-refractivity contribution is 0.112. The fraction of sp³-hybridized carbons (Fsp3) is 0.133. The number of hydrogen-bond acceptors (Lipinski definition) is 3. The van der Waals surface area contributed by atoms with Crippen molar-refractivity contribution in [2.75, 3.05) is 11.9 Å². The highest BCUT2D eigenvalue weighted by atomic mass is 79.9. The smallest absolute Gasteiger partial charge is 0.153 e. The Morgan fingerprint density at radius 1 is 1.20 bits per heavy atom. The number of halogens is 2. The molecular formula is C15H13Br2NO2. The van der Waals surface area contributed by atoms with Gasteiger partial charge in [0.15, 0.2) is 6.29 Å². The number of nitrogens with one attached hydrogen (secondary N) is 1. The molecule has 104 valence electrons. The van der Waals surface area contributed by atoms with Gasteiger partial charge >= 0.3 is 0 Å². The molecule has 0 unspecified atom stereocenters. The van der Waals surface area contributed by atoms with Crippen LogP contribution in [0, 0.1) is 0 Å². The molecule has 2 N–H and O–H groups in total. The summed E-state index contributed by atoms with van der Waals surface area (Å²) in [5, 5.41) is 12.5. The second-order valence-corrected chi connectivity index (χ2v) is 6.05. The van der Waals surface area contributed by atoms with Crippen molar-refractivity contribution in [1.29, 1.82) is 0 Å². The number of hydrogen-bond donors (Lipinski definition) is 2. The largest absolute Gasteiger partial charge is 0.506 e. The van der Waals surface area contributed by atoms with Crippen LogP contribution < -0.4 is 5.32 Å². The normalized spacial score (nSPS) is 11.9. The number of anilines is 1. The van der Waals surface area contributed by atoms with Crippen molar-refractivity contribution >= 4 is 43.8 Å². The number of aldehydes is 1. The van der Waals surface area contributed by atoms with Crippen LogP contribution in [0.15, 0.2) is 45.3 Å². The molecule has 1 aliphatic heterocycles. The third kappa shape index (κ3) is 3.61. The van der Waals surface area contributed by atoms with Crippen LogP contribution in [0.2, 0.25) is 0 Å². The lowest BCUT2D eigenvalue weighted by Gasteiger charge is -1.99. The molecule has 0 fully saturated rings. The molecular weight excluding hydrogens is 386 g/mol. The first-order chi connectivity index (χ1) is 9.61. The van der Waals surface area contributed by atoms with E-state index >= 15 is 0 Å². The van der Waals surface area contributed by atoms with Gasteiger partial charge in [-0.2, -0.15) is 0 Å². The number of phenols is 1. The highest BCUT2D eigenvalue weighted by Crippen LogP contribution is 2.30. The van der Waals surface area contributed by atoms with Gasteiger partial charge in [0.05, 0.1) is 10.0 Å². The van der Waals surface area contributed by atoms with Gasteiger partial charge in [0.25, 0.3) is 0 Å². The monoisotopic (exact) mass is 397 g/mol. The Kier molecular flexibility index (Phi) is 5.20. The number of carbonyl (C=O) groups excluding carboxylic acids is 1. The van der Waals surface area contributed by atoms with Crippen LogP contribution >= 0.6 is 31.9 Å². The Hall–Kier alpha value is -1.33. The van der Waals surface area contributed by atoms with Gasteiger partial charge in [0.1, 0.15) is 5.75 Å². The molecule has 2 aromatic carbocycles. The average Bonchev–Trinajstić information content (AvgIpc) is 2.92. The maximum atomic E-state index is 10.3. The van der Waals surface area contributed by atoms with Crippen molar-refractivity contribution in [1.82, 2.24) is 0 Å². The first-order valence-electron chi connectivity index (χ1n) is 6.07. The van der Waals surface area contributed by atoms with E-state index in [0.717, 1.165) is 11.0 Å². The highest BCUT2D eigenvalue weighted by Gasteiger charge is 2.06. The lowest BCUT2D eigenvalue weighted by Crippen LogP contribution is -1.90. The van der Waals surface area contributed by atoms with E-state index in [-0.39, 0.29) is 11.3 Å². The number of fused-ring (bicyclic) bond motifs is 1. The van der Waals surface area contributed by atoms with E-state index in [4.69, 9.17) is 0 Å². The number of benzene rings is 2. The fourth-order valence-corrected chi connectivity index (χ4v) is 3.18. The van der Waals surface area contributed by atoms with Gasteiger partial charge in [0.2, 0.25) is 0 Å². The lowest BCUT2D eigenvalue weighted by atomic mass is 10.2. The van der Waals surface area contributed by atoms with Crippen molar-refractivity contribution in [3.8, 4) is 5.75 Å². The van der Waals surface area contributed by atoms with E-state index < -0.39 is 0 Å². The van der Waals surface area contributed by atoms with Crippen molar-refractivity contribution in [3.05, 3.63) is 56.5 Å². The highest BCUT2D eigenvalue weighted by molar-refractivity contribution is 9.11. The van der Waals surface area contributed by atoms with Gasteiger partial charge in [-0.05, 0) is 46.1 Å². The summed E-state index contributed by atoms with van der Waals surface area (Å²) in [6.07, 6.45) is 1.79. The molecule has 3 nitrogen and oxygen atoms in total. The van der Waals surface area contributed by atoms with Crippen LogP contribution in [0.3, 0.4) is 0 Å². The van der Waals surface area contributed by atoms with Crippen LogP contribution in [0.25, 0.3) is 0 Å². The second kappa shape index (κ2) is 6.90. The zero-order valence-corrected chi connectivity index (χ0v) is 13.7. The maximum Gasteiger partial charge on any atom is 0.153 e. The van der Waals surface area contributed by atoms with Gasteiger partial charge in [-0.1, -0.05) is 34.1 Å². The molecule has 0 saturated heterocycles. The molecule has 0 amide bonds. The molecule has 1 aliphatic rings. The average molecular weight is 399 g/mol. The second-order valence-electron chi connectivity index (χ2n) is 4.28. The Labute approximate surface area is 134 Å². The summed E-state index contributed by atoms with van der Waals surface area (Å²) < 4.78 is 1.26. The molecule has 0 bridgehead atoms. The molecule has 3 rings (SSSR count). The van der Waals surface area contributed by atoms with Crippen LogP contribution in [-0.2, 0) is 6.42 Å². The molecule has 0 saturated carbocycles. The first kappa shape index (κ1) is 15.1. The molecule has 0 radical (unpaired) electrons. The number of para-hydroxylation sites is 1. The predicted molar refractivity (Wildman–Crippen MR) is 87.5 cm³/mol. The summed E-state index contributed by atoms with van der Waals surface area (Å²) in [6, 6.07) is 11.7. The first-order valence-corrected chi connectivity index (χ1v) is 7.65. The zero-order valence-electron chi connectivity index (χ0n) is 10.6. The van der Waals surface area contributed by atoms with Gasteiger partial charge in [-0.25, -0.2) is 0 Å². The zero-order chi connectivity index (χ0) is 14.5. The fourth-order valence-electron chi connectivity index (χ4n) is 1.92. The molecule has 0 atom stereocenters. The summed E-state index contributed by atoms with van der Waals surface area (Å²) in [7, 11) is 0. The van der Waals surface area contributed by atoms with Gasteiger partial charge in [-0.15, -0.1) is 0 Å². The summed E-state index contributed by atoms with van der Waals surface area (Å²) in [4.78, 5) is 10.3. The number of carbonyl (C=O) groups is 1. The molecule has 1 heterocycles. The van der Waals surface area contributed by atoms with Crippen LogP contribution in [0.5, 0.6) is 5.75 Å². The van der Waals surface area contributed by atoms with Gasteiger partial charge in [-0.3, -0.25) is 4.79 Å². The molecule has 2 aromatic rings. The Bertz CT molecular complexity index is 606. The number of aromatic hydroxyl groups is 1. The molecule has 5 heteroatoms. The number of phenolic OH excluding ortho intramolecular Hbond substituents is 1. The molecule has 0 spiro atoms. The third-order valence-corrected chi connectivity index (χ3v) is 3.97. The van der Waals surface area contributed by atoms with E-state index in [2.05, 4.69) is 61.4 Å². The summed E-state index contributed by atoms with van der Waals surface area (Å²) >= 11 is 6.29. The van der Waals surface area contributed by atoms with Crippen LogP contribution in [0.4, 0.5) is 5.69 Å². The topological polar surface area (TPSA) is 49.3 Å². The van der Waals surface area contributed by atoms with Gasteiger partial charge < -0.3 is 10.4 Å². The summed E-state index contributed by atoms with van der Waals surface area (Å²) in [6.45, 7) is 1.11. The SMILES string of the molecule is O=Cc1cc(Br)cc(Br)c1O.c1ccc2c(c1)CCN2. The Morgan fingerprint density at radius 2 is 1.95 bits per heavy atom.